The average molecular weight is 235 g/mol. The Labute approximate surface area is 97.7 Å². The predicted octanol–water partition coefficient (Wildman–Crippen LogP) is 2.27. The van der Waals surface area contributed by atoms with Crippen LogP contribution in [0.5, 0.6) is 0 Å². The van der Waals surface area contributed by atoms with Gasteiger partial charge in [-0.3, -0.25) is 4.79 Å². The molecule has 5 heteroatoms. The number of carbonyl (C=O) groups excluding carboxylic acids is 1. The smallest absolute Gasteiger partial charge is 0.230 e. The van der Waals surface area contributed by atoms with Crippen molar-refractivity contribution in [2.45, 2.75) is 20.3 Å². The lowest BCUT2D eigenvalue weighted by Gasteiger charge is -2.00. The van der Waals surface area contributed by atoms with Crippen molar-refractivity contribution in [3.8, 4) is 0 Å². The predicted molar refractivity (Wildman–Crippen MR) is 64.7 cm³/mol. The summed E-state index contributed by atoms with van der Waals surface area (Å²) in [4.78, 5) is 18.9. The van der Waals surface area contributed by atoms with E-state index in [9.17, 15) is 4.79 Å². The number of nitrogens with one attached hydrogen (secondary N) is 2. The molecule has 0 aromatic carbocycles. The van der Waals surface area contributed by atoms with E-state index in [0.29, 0.717) is 11.6 Å². The summed E-state index contributed by atoms with van der Waals surface area (Å²) in [5.74, 6) is -0.0305. The number of amides is 1. The Bertz CT molecular complexity index is 487. The zero-order valence-corrected chi connectivity index (χ0v) is 10.0. The van der Waals surface area contributed by atoms with Gasteiger partial charge >= 0.3 is 0 Å². The highest BCUT2D eigenvalue weighted by atomic mass is 32.1. The molecule has 0 spiro atoms. The standard InChI is InChI=1S/C11H13N3OS/c1-7-5-9(8(2)13-7)6-10(15)14-11-12-3-4-16-11/h3-5,13H,6H2,1-2H3,(H,12,14,15). The van der Waals surface area contributed by atoms with Crippen molar-refractivity contribution < 1.29 is 4.79 Å². The van der Waals surface area contributed by atoms with Gasteiger partial charge in [-0.25, -0.2) is 4.98 Å². The van der Waals surface area contributed by atoms with E-state index in [1.807, 2.05) is 25.3 Å². The maximum Gasteiger partial charge on any atom is 0.230 e. The fourth-order valence-corrected chi connectivity index (χ4v) is 2.13. The largest absolute Gasteiger partial charge is 0.362 e. The molecule has 0 aliphatic carbocycles. The maximum atomic E-state index is 11.7. The monoisotopic (exact) mass is 235 g/mol. The highest BCUT2D eigenvalue weighted by Crippen LogP contribution is 2.13. The summed E-state index contributed by atoms with van der Waals surface area (Å²) < 4.78 is 0. The highest BCUT2D eigenvalue weighted by Gasteiger charge is 2.09. The number of aryl methyl sites for hydroxylation is 2. The minimum atomic E-state index is -0.0305. The van der Waals surface area contributed by atoms with Gasteiger partial charge in [0.15, 0.2) is 5.13 Å². The van der Waals surface area contributed by atoms with Gasteiger partial charge in [0.25, 0.3) is 0 Å². The molecule has 0 unspecified atom stereocenters. The molecule has 2 N–H and O–H groups in total. The van der Waals surface area contributed by atoms with E-state index in [1.54, 1.807) is 6.20 Å². The lowest BCUT2D eigenvalue weighted by molar-refractivity contribution is -0.115. The summed E-state index contributed by atoms with van der Waals surface area (Å²) in [6.45, 7) is 3.95. The van der Waals surface area contributed by atoms with Crippen molar-refractivity contribution in [2.24, 2.45) is 0 Å². The number of thiazole rings is 1. The molecule has 0 fully saturated rings. The number of aromatic amines is 1. The third-order valence-electron chi connectivity index (χ3n) is 2.29. The Balaban J connectivity index is 2.00. The number of anilines is 1. The molecule has 1 amide bonds. The fourth-order valence-electron chi connectivity index (χ4n) is 1.59. The fraction of sp³-hybridized carbons (Fsp3) is 0.273. The first kappa shape index (κ1) is 10.9. The van der Waals surface area contributed by atoms with Crippen LogP contribution >= 0.6 is 11.3 Å². The third-order valence-corrected chi connectivity index (χ3v) is 2.98. The SMILES string of the molecule is Cc1cc(CC(=O)Nc2nccs2)c(C)[nH]1. The molecule has 0 aliphatic rings. The molecule has 0 bridgehead atoms. The van der Waals surface area contributed by atoms with Gasteiger partial charge in [0.2, 0.25) is 5.91 Å². The van der Waals surface area contributed by atoms with Gasteiger partial charge in [-0.1, -0.05) is 0 Å². The molecule has 16 heavy (non-hydrogen) atoms. The first-order valence-electron chi connectivity index (χ1n) is 4.99. The molecule has 2 rings (SSSR count). The number of H-pyrrole nitrogens is 1. The second kappa shape index (κ2) is 4.49. The summed E-state index contributed by atoms with van der Waals surface area (Å²) in [5, 5.41) is 5.24. The molecule has 0 radical (unpaired) electrons. The van der Waals surface area contributed by atoms with Gasteiger partial charge in [-0.05, 0) is 25.5 Å². The van der Waals surface area contributed by atoms with Crippen LogP contribution in [0.25, 0.3) is 0 Å². The van der Waals surface area contributed by atoms with Gasteiger partial charge in [-0.2, -0.15) is 0 Å². The van der Waals surface area contributed by atoms with E-state index in [-0.39, 0.29) is 5.91 Å². The van der Waals surface area contributed by atoms with Crippen molar-refractivity contribution in [1.29, 1.82) is 0 Å². The van der Waals surface area contributed by atoms with Crippen molar-refractivity contribution in [2.75, 3.05) is 5.32 Å². The van der Waals surface area contributed by atoms with E-state index < -0.39 is 0 Å². The van der Waals surface area contributed by atoms with Gasteiger partial charge < -0.3 is 10.3 Å². The number of hydrogen-bond donors (Lipinski definition) is 2. The second-order valence-electron chi connectivity index (χ2n) is 3.66. The summed E-state index contributed by atoms with van der Waals surface area (Å²) >= 11 is 1.42. The first-order chi connectivity index (χ1) is 7.65. The topological polar surface area (TPSA) is 57.8 Å². The summed E-state index contributed by atoms with van der Waals surface area (Å²) in [6.07, 6.45) is 2.06. The lowest BCUT2D eigenvalue weighted by Crippen LogP contribution is -2.14. The molecule has 0 saturated heterocycles. The van der Waals surface area contributed by atoms with Crippen LogP contribution in [-0.4, -0.2) is 15.9 Å². The van der Waals surface area contributed by atoms with Crippen LogP contribution in [0.1, 0.15) is 17.0 Å². The zero-order chi connectivity index (χ0) is 11.5. The number of aromatic nitrogens is 2. The summed E-state index contributed by atoms with van der Waals surface area (Å²) in [7, 11) is 0. The lowest BCUT2D eigenvalue weighted by atomic mass is 10.2. The number of carbonyl (C=O) groups is 1. The molecule has 2 heterocycles. The van der Waals surface area contributed by atoms with Crippen LogP contribution in [0.2, 0.25) is 0 Å². The van der Waals surface area contributed by atoms with E-state index in [0.717, 1.165) is 17.0 Å². The van der Waals surface area contributed by atoms with E-state index in [4.69, 9.17) is 0 Å². The van der Waals surface area contributed by atoms with Gasteiger partial charge in [0, 0.05) is 23.0 Å². The second-order valence-corrected chi connectivity index (χ2v) is 4.56. The molecule has 0 saturated carbocycles. The van der Waals surface area contributed by atoms with Crippen LogP contribution in [0.3, 0.4) is 0 Å². The Morgan fingerprint density at radius 1 is 1.56 bits per heavy atom. The van der Waals surface area contributed by atoms with Crippen molar-refractivity contribution in [1.82, 2.24) is 9.97 Å². The third kappa shape index (κ3) is 2.49. The zero-order valence-electron chi connectivity index (χ0n) is 9.20. The van der Waals surface area contributed by atoms with E-state index in [2.05, 4.69) is 15.3 Å². The first-order valence-corrected chi connectivity index (χ1v) is 5.87. The van der Waals surface area contributed by atoms with Crippen molar-refractivity contribution in [3.63, 3.8) is 0 Å². The number of rotatable bonds is 3. The Kier molecular flexibility index (Phi) is 3.05. The van der Waals surface area contributed by atoms with Crippen molar-refractivity contribution in [3.05, 3.63) is 34.6 Å². The van der Waals surface area contributed by atoms with E-state index in [1.165, 1.54) is 11.3 Å². The van der Waals surface area contributed by atoms with Gasteiger partial charge in [-0.15, -0.1) is 11.3 Å². The number of nitrogens with zero attached hydrogens (tertiary/aromatic N) is 1. The molecule has 2 aromatic rings. The van der Waals surface area contributed by atoms with Crippen LogP contribution < -0.4 is 5.32 Å². The average Bonchev–Trinajstić information content (AvgIpc) is 2.78. The van der Waals surface area contributed by atoms with E-state index >= 15 is 0 Å². The minimum absolute atomic E-state index is 0.0305. The molecular formula is C11H13N3OS. The van der Waals surface area contributed by atoms with Crippen molar-refractivity contribution >= 4 is 22.4 Å². The van der Waals surface area contributed by atoms with Crippen LogP contribution in [-0.2, 0) is 11.2 Å². The van der Waals surface area contributed by atoms with Crippen LogP contribution in [0, 0.1) is 13.8 Å². The summed E-state index contributed by atoms with van der Waals surface area (Å²) in [6, 6.07) is 2.00. The molecule has 84 valence electrons. The maximum absolute atomic E-state index is 11.7. The quantitative estimate of drug-likeness (QED) is 0.857. The van der Waals surface area contributed by atoms with Gasteiger partial charge in [0.05, 0.1) is 6.42 Å². The van der Waals surface area contributed by atoms with Crippen LogP contribution in [0.15, 0.2) is 17.6 Å². The molecule has 0 aliphatic heterocycles. The molecular weight excluding hydrogens is 222 g/mol. The Hall–Kier alpha value is -1.62. The molecule has 2 aromatic heterocycles. The molecule has 0 atom stereocenters. The normalized spacial score (nSPS) is 10.4. The Morgan fingerprint density at radius 2 is 2.38 bits per heavy atom. The Morgan fingerprint density at radius 3 is 2.94 bits per heavy atom. The summed E-state index contributed by atoms with van der Waals surface area (Å²) in [5.41, 5.74) is 3.16. The highest BCUT2D eigenvalue weighted by molar-refractivity contribution is 7.13. The number of hydrogen-bond acceptors (Lipinski definition) is 3. The molecule has 4 nitrogen and oxygen atoms in total. The van der Waals surface area contributed by atoms with Crippen LogP contribution in [0.4, 0.5) is 5.13 Å². The minimum Gasteiger partial charge on any atom is -0.362 e. The van der Waals surface area contributed by atoms with Gasteiger partial charge in [0.1, 0.15) is 0 Å².